The zero-order valence-corrected chi connectivity index (χ0v) is 16.1. The lowest BCUT2D eigenvalue weighted by atomic mass is 9.83. The molecule has 0 spiro atoms. The van der Waals surface area contributed by atoms with E-state index < -0.39 is 0 Å². The number of hydrogen-bond donors (Lipinski definition) is 0. The molecule has 0 aromatic rings. The molecule has 22 heavy (non-hydrogen) atoms. The fourth-order valence-electron chi connectivity index (χ4n) is 4.49. The zero-order chi connectivity index (χ0) is 16.4. The summed E-state index contributed by atoms with van der Waals surface area (Å²) in [5.74, 6) is 1.02. The van der Waals surface area contributed by atoms with Gasteiger partial charge in [-0.15, -0.1) is 0 Å². The summed E-state index contributed by atoms with van der Waals surface area (Å²) in [6.45, 7) is 16.3. The van der Waals surface area contributed by atoms with E-state index in [1.807, 2.05) is 13.8 Å². The van der Waals surface area contributed by atoms with Crippen molar-refractivity contribution in [1.82, 2.24) is 9.80 Å². The Morgan fingerprint density at radius 2 is 1.36 bits per heavy atom. The third-order valence-electron chi connectivity index (χ3n) is 5.79. The van der Waals surface area contributed by atoms with Gasteiger partial charge in [0.15, 0.2) is 0 Å². The Balaban J connectivity index is 0.00000116. The van der Waals surface area contributed by atoms with Crippen LogP contribution in [0.5, 0.6) is 0 Å². The third kappa shape index (κ3) is 5.85. The van der Waals surface area contributed by atoms with Crippen molar-refractivity contribution in [3.63, 3.8) is 0 Å². The van der Waals surface area contributed by atoms with Crippen LogP contribution in [0.4, 0.5) is 0 Å². The van der Waals surface area contributed by atoms with Gasteiger partial charge >= 0.3 is 0 Å². The van der Waals surface area contributed by atoms with Gasteiger partial charge in [0.2, 0.25) is 0 Å². The lowest BCUT2D eigenvalue weighted by Gasteiger charge is -2.44. The first-order valence-corrected chi connectivity index (χ1v) is 10.3. The second kappa shape index (κ2) is 11.5. The van der Waals surface area contributed by atoms with Crippen LogP contribution in [0.1, 0.15) is 86.0 Å². The first-order chi connectivity index (χ1) is 10.8. The summed E-state index contributed by atoms with van der Waals surface area (Å²) in [6.07, 6.45) is 11.4. The van der Waals surface area contributed by atoms with Crippen LogP contribution in [-0.2, 0) is 0 Å². The highest BCUT2D eigenvalue weighted by Crippen LogP contribution is 2.32. The predicted molar refractivity (Wildman–Crippen MR) is 99.5 cm³/mol. The molecule has 132 valence electrons. The highest BCUT2D eigenvalue weighted by molar-refractivity contribution is 4.86. The molecular weight excluding hydrogens is 268 g/mol. The number of likely N-dealkylation sites (tertiary alicyclic amines) is 1. The van der Waals surface area contributed by atoms with Crippen LogP contribution < -0.4 is 0 Å². The largest absolute Gasteiger partial charge is 0.303 e. The molecule has 2 rings (SSSR count). The van der Waals surface area contributed by atoms with E-state index in [0.29, 0.717) is 0 Å². The van der Waals surface area contributed by atoms with Crippen molar-refractivity contribution in [3.8, 4) is 0 Å². The van der Waals surface area contributed by atoms with Crippen LogP contribution in [0.3, 0.4) is 0 Å². The van der Waals surface area contributed by atoms with Crippen molar-refractivity contribution in [1.29, 1.82) is 0 Å². The van der Waals surface area contributed by atoms with E-state index in [9.17, 15) is 0 Å². The molecule has 0 aromatic carbocycles. The topological polar surface area (TPSA) is 6.48 Å². The molecule has 2 fully saturated rings. The summed E-state index contributed by atoms with van der Waals surface area (Å²) in [7, 11) is 0. The van der Waals surface area contributed by atoms with Gasteiger partial charge in [0.05, 0.1) is 0 Å². The summed E-state index contributed by atoms with van der Waals surface area (Å²) in [5.41, 5.74) is 0. The summed E-state index contributed by atoms with van der Waals surface area (Å²) in [4.78, 5) is 5.54. The van der Waals surface area contributed by atoms with E-state index in [1.165, 1.54) is 77.5 Å². The van der Waals surface area contributed by atoms with Gasteiger partial charge in [0, 0.05) is 12.1 Å². The van der Waals surface area contributed by atoms with Crippen LogP contribution in [0.2, 0.25) is 0 Å². The Labute approximate surface area is 140 Å². The number of rotatable bonds is 6. The third-order valence-corrected chi connectivity index (χ3v) is 5.79. The zero-order valence-electron chi connectivity index (χ0n) is 16.1. The van der Waals surface area contributed by atoms with Gasteiger partial charge in [0.1, 0.15) is 0 Å². The lowest BCUT2D eigenvalue weighted by molar-refractivity contribution is 0.0541. The number of hydrogen-bond acceptors (Lipinski definition) is 2. The minimum atomic E-state index is 0.872. The average molecular weight is 311 g/mol. The Morgan fingerprint density at radius 3 is 1.82 bits per heavy atom. The van der Waals surface area contributed by atoms with E-state index in [2.05, 4.69) is 30.6 Å². The minimum Gasteiger partial charge on any atom is -0.303 e. The van der Waals surface area contributed by atoms with Gasteiger partial charge in [0.25, 0.3) is 0 Å². The van der Waals surface area contributed by atoms with Gasteiger partial charge in [-0.2, -0.15) is 0 Å². The van der Waals surface area contributed by atoms with E-state index in [4.69, 9.17) is 0 Å². The van der Waals surface area contributed by atoms with E-state index in [-0.39, 0.29) is 0 Å². The Bertz CT molecular complexity index is 250. The molecule has 0 radical (unpaired) electrons. The van der Waals surface area contributed by atoms with Crippen molar-refractivity contribution in [2.75, 3.05) is 26.2 Å². The van der Waals surface area contributed by atoms with Gasteiger partial charge < -0.3 is 4.90 Å². The molecular formula is C20H42N2. The van der Waals surface area contributed by atoms with Crippen LogP contribution in [0, 0.1) is 5.92 Å². The molecule has 1 heterocycles. The molecule has 0 unspecified atom stereocenters. The Hall–Kier alpha value is -0.0800. The standard InChI is InChI=1S/C18H36N2.C2H6/c1-4-13-19-14-11-18(12-15-19)20(6-3)17-9-7-16(5-2)8-10-17;1-2/h16-18H,4-15H2,1-3H3;1-2H3. The maximum atomic E-state index is 2.87. The van der Waals surface area contributed by atoms with Gasteiger partial charge in [-0.3, -0.25) is 4.90 Å². The van der Waals surface area contributed by atoms with Gasteiger partial charge in [-0.25, -0.2) is 0 Å². The summed E-state index contributed by atoms with van der Waals surface area (Å²) in [6, 6.07) is 1.77. The van der Waals surface area contributed by atoms with Crippen molar-refractivity contribution in [2.45, 2.75) is 98.1 Å². The molecule has 1 aliphatic carbocycles. The molecule has 0 N–H and O–H groups in total. The fraction of sp³-hybridized carbons (Fsp3) is 1.00. The second-order valence-corrected chi connectivity index (χ2v) is 6.99. The average Bonchev–Trinajstić information content (AvgIpc) is 2.60. The summed E-state index contributed by atoms with van der Waals surface area (Å²) in [5, 5.41) is 0. The van der Waals surface area contributed by atoms with Crippen molar-refractivity contribution < 1.29 is 0 Å². The van der Waals surface area contributed by atoms with E-state index >= 15 is 0 Å². The smallest absolute Gasteiger partial charge is 0.0122 e. The fourth-order valence-corrected chi connectivity index (χ4v) is 4.49. The molecule has 2 heteroatoms. The van der Waals surface area contributed by atoms with Crippen molar-refractivity contribution in [2.24, 2.45) is 5.92 Å². The molecule has 2 aliphatic rings. The molecule has 0 amide bonds. The van der Waals surface area contributed by atoms with E-state index in [1.54, 1.807) is 0 Å². The molecule has 1 saturated carbocycles. The van der Waals surface area contributed by atoms with Crippen LogP contribution in [0.25, 0.3) is 0 Å². The van der Waals surface area contributed by atoms with Crippen LogP contribution >= 0.6 is 0 Å². The molecule has 0 atom stereocenters. The molecule has 2 nitrogen and oxygen atoms in total. The monoisotopic (exact) mass is 310 g/mol. The van der Waals surface area contributed by atoms with Gasteiger partial charge in [-0.1, -0.05) is 41.0 Å². The van der Waals surface area contributed by atoms with Crippen molar-refractivity contribution in [3.05, 3.63) is 0 Å². The van der Waals surface area contributed by atoms with E-state index in [0.717, 1.165) is 18.0 Å². The quantitative estimate of drug-likeness (QED) is 0.667. The Kier molecular flexibility index (Phi) is 10.4. The number of piperidine rings is 1. The minimum absolute atomic E-state index is 0.872. The highest BCUT2D eigenvalue weighted by atomic mass is 15.2. The SMILES string of the molecule is CC.CCCN1CCC(N(CC)C2CCC(CC)CC2)CC1. The maximum absolute atomic E-state index is 2.87. The lowest BCUT2D eigenvalue weighted by Crippen LogP contribution is -2.50. The van der Waals surface area contributed by atoms with Gasteiger partial charge in [-0.05, 0) is 77.0 Å². The molecule has 1 saturated heterocycles. The van der Waals surface area contributed by atoms with Crippen molar-refractivity contribution >= 4 is 0 Å². The molecule has 0 aromatic heterocycles. The second-order valence-electron chi connectivity index (χ2n) is 6.99. The first kappa shape index (κ1) is 20.0. The molecule has 0 bridgehead atoms. The summed E-state index contributed by atoms with van der Waals surface area (Å²) < 4.78 is 0. The first-order valence-electron chi connectivity index (χ1n) is 10.3. The summed E-state index contributed by atoms with van der Waals surface area (Å²) >= 11 is 0. The maximum Gasteiger partial charge on any atom is 0.0122 e. The normalized spacial score (nSPS) is 27.5. The van der Waals surface area contributed by atoms with Crippen LogP contribution in [-0.4, -0.2) is 48.1 Å². The number of nitrogens with zero attached hydrogens (tertiary/aromatic N) is 2. The predicted octanol–water partition coefficient (Wildman–Crippen LogP) is 5.18. The van der Waals surface area contributed by atoms with Crippen LogP contribution in [0.15, 0.2) is 0 Å². The highest BCUT2D eigenvalue weighted by Gasteiger charge is 2.30. The molecule has 1 aliphatic heterocycles. The Morgan fingerprint density at radius 1 is 0.818 bits per heavy atom.